The molecule has 0 unspecified atom stereocenters. The van der Waals surface area contributed by atoms with E-state index < -0.39 is 0 Å². The molecule has 2 aliphatic rings. The second kappa shape index (κ2) is 14.5. The first-order valence-electron chi connectivity index (χ1n) is 12.6. The summed E-state index contributed by atoms with van der Waals surface area (Å²) in [4.78, 5) is 12.5. The van der Waals surface area contributed by atoms with Gasteiger partial charge in [0.15, 0.2) is 5.96 Å². The molecule has 32 heavy (non-hydrogen) atoms. The van der Waals surface area contributed by atoms with Gasteiger partial charge in [0, 0.05) is 58.9 Å². The summed E-state index contributed by atoms with van der Waals surface area (Å²) in [5.41, 5.74) is 2.68. The van der Waals surface area contributed by atoms with Crippen molar-refractivity contribution in [1.82, 2.24) is 25.3 Å². The summed E-state index contributed by atoms with van der Waals surface area (Å²) in [6.07, 6.45) is 2.41. The number of piperazine rings is 1. The minimum atomic E-state index is 0.706. The minimum Gasteiger partial charge on any atom is -0.379 e. The van der Waals surface area contributed by atoms with Gasteiger partial charge in [-0.2, -0.15) is 0 Å². The van der Waals surface area contributed by atoms with Crippen LogP contribution in [0.15, 0.2) is 29.3 Å². The molecule has 7 nitrogen and oxygen atoms in total. The third-order valence-electron chi connectivity index (χ3n) is 6.47. The van der Waals surface area contributed by atoms with Gasteiger partial charge in [0.05, 0.1) is 19.8 Å². The first kappa shape index (κ1) is 25.0. The summed E-state index contributed by atoms with van der Waals surface area (Å²) in [6, 6.07) is 8.70. The predicted molar refractivity (Wildman–Crippen MR) is 133 cm³/mol. The Balaban J connectivity index is 1.41. The molecule has 0 amide bonds. The summed E-state index contributed by atoms with van der Waals surface area (Å²) in [7, 11) is 0. The van der Waals surface area contributed by atoms with Crippen LogP contribution < -0.4 is 10.6 Å². The maximum atomic E-state index is 5.49. The van der Waals surface area contributed by atoms with Gasteiger partial charge in [-0.05, 0) is 44.0 Å². The van der Waals surface area contributed by atoms with Crippen LogP contribution in [0.5, 0.6) is 0 Å². The van der Waals surface area contributed by atoms with E-state index in [0.717, 1.165) is 51.9 Å². The van der Waals surface area contributed by atoms with E-state index in [1.54, 1.807) is 0 Å². The number of likely N-dealkylation sites (N-methyl/N-ethyl adjacent to an activating group) is 1. The molecule has 1 aromatic carbocycles. The number of benzene rings is 1. The number of nitrogens with zero attached hydrogens (tertiary/aromatic N) is 4. The van der Waals surface area contributed by atoms with Gasteiger partial charge >= 0.3 is 0 Å². The summed E-state index contributed by atoms with van der Waals surface area (Å²) in [6.45, 7) is 18.9. The molecule has 7 heteroatoms. The van der Waals surface area contributed by atoms with Crippen LogP contribution in [0.25, 0.3) is 0 Å². The topological polar surface area (TPSA) is 55.4 Å². The minimum absolute atomic E-state index is 0.706. The van der Waals surface area contributed by atoms with E-state index in [0.29, 0.717) is 6.54 Å². The molecular formula is C25H44N6O. The SMILES string of the molecule is CCNC(=NCc1ccccc1CN1CCOCC1)NCCCCN1CCN(CC)CC1. The molecule has 2 aliphatic heterocycles. The highest BCUT2D eigenvalue weighted by atomic mass is 16.5. The Morgan fingerprint density at radius 2 is 1.59 bits per heavy atom. The molecule has 0 aromatic heterocycles. The number of aliphatic imine (C=N–C) groups is 1. The average Bonchev–Trinajstić information content (AvgIpc) is 2.84. The lowest BCUT2D eigenvalue weighted by molar-refractivity contribution is 0.0341. The van der Waals surface area contributed by atoms with Crippen LogP contribution >= 0.6 is 0 Å². The van der Waals surface area contributed by atoms with Gasteiger partial charge in [-0.15, -0.1) is 0 Å². The maximum Gasteiger partial charge on any atom is 0.191 e. The van der Waals surface area contributed by atoms with Crippen molar-refractivity contribution in [3.05, 3.63) is 35.4 Å². The second-order valence-electron chi connectivity index (χ2n) is 8.76. The number of hydrogen-bond donors (Lipinski definition) is 2. The Bertz CT molecular complexity index is 668. The summed E-state index contributed by atoms with van der Waals surface area (Å²) in [5, 5.41) is 6.93. The van der Waals surface area contributed by atoms with Crippen molar-refractivity contribution in [2.75, 3.05) is 78.7 Å². The van der Waals surface area contributed by atoms with Crippen molar-refractivity contribution in [1.29, 1.82) is 0 Å². The number of guanidine groups is 1. The second-order valence-corrected chi connectivity index (χ2v) is 8.76. The molecule has 0 saturated carbocycles. The molecule has 2 saturated heterocycles. The van der Waals surface area contributed by atoms with Crippen LogP contribution in [-0.4, -0.2) is 99.3 Å². The monoisotopic (exact) mass is 444 g/mol. The van der Waals surface area contributed by atoms with Crippen LogP contribution in [-0.2, 0) is 17.8 Å². The lowest BCUT2D eigenvalue weighted by Crippen LogP contribution is -2.46. The Morgan fingerprint density at radius 3 is 2.31 bits per heavy atom. The number of ether oxygens (including phenoxy) is 1. The third-order valence-corrected chi connectivity index (χ3v) is 6.47. The normalized spacial score (nSPS) is 19.2. The summed E-state index contributed by atoms with van der Waals surface area (Å²) >= 11 is 0. The highest BCUT2D eigenvalue weighted by Gasteiger charge is 2.15. The van der Waals surface area contributed by atoms with E-state index in [1.165, 1.54) is 63.2 Å². The first-order chi connectivity index (χ1) is 15.8. The number of rotatable bonds is 11. The molecule has 3 rings (SSSR count). The molecule has 2 N–H and O–H groups in total. The van der Waals surface area contributed by atoms with E-state index in [9.17, 15) is 0 Å². The molecule has 1 aromatic rings. The highest BCUT2D eigenvalue weighted by Crippen LogP contribution is 2.14. The molecular weight excluding hydrogens is 400 g/mol. The quantitative estimate of drug-likeness (QED) is 0.309. The first-order valence-corrected chi connectivity index (χ1v) is 12.6. The van der Waals surface area contributed by atoms with E-state index in [2.05, 4.69) is 63.4 Å². The Morgan fingerprint density at radius 1 is 0.875 bits per heavy atom. The van der Waals surface area contributed by atoms with Crippen LogP contribution in [0.1, 0.15) is 37.8 Å². The zero-order valence-corrected chi connectivity index (χ0v) is 20.3. The van der Waals surface area contributed by atoms with Crippen molar-refractivity contribution >= 4 is 5.96 Å². The zero-order chi connectivity index (χ0) is 22.4. The number of unbranched alkanes of at least 4 members (excludes halogenated alkanes) is 1. The van der Waals surface area contributed by atoms with Crippen LogP contribution in [0.2, 0.25) is 0 Å². The smallest absolute Gasteiger partial charge is 0.191 e. The fraction of sp³-hybridized carbons (Fsp3) is 0.720. The van der Waals surface area contributed by atoms with Gasteiger partial charge in [-0.25, -0.2) is 4.99 Å². The van der Waals surface area contributed by atoms with Gasteiger partial charge in [0.25, 0.3) is 0 Å². The highest BCUT2D eigenvalue weighted by molar-refractivity contribution is 5.79. The van der Waals surface area contributed by atoms with Crippen molar-refractivity contribution in [3.63, 3.8) is 0 Å². The van der Waals surface area contributed by atoms with Crippen molar-refractivity contribution in [2.45, 2.75) is 39.8 Å². The van der Waals surface area contributed by atoms with E-state index in [4.69, 9.17) is 9.73 Å². The summed E-state index contributed by atoms with van der Waals surface area (Å²) < 4.78 is 5.49. The Hall–Kier alpha value is -1.67. The van der Waals surface area contributed by atoms with Gasteiger partial charge in [-0.1, -0.05) is 31.2 Å². The van der Waals surface area contributed by atoms with Gasteiger partial charge in [0.1, 0.15) is 0 Å². The largest absolute Gasteiger partial charge is 0.379 e. The molecule has 0 bridgehead atoms. The fourth-order valence-electron chi connectivity index (χ4n) is 4.37. The van der Waals surface area contributed by atoms with E-state index in [1.807, 2.05) is 0 Å². The lowest BCUT2D eigenvalue weighted by Gasteiger charge is -2.34. The van der Waals surface area contributed by atoms with E-state index >= 15 is 0 Å². The molecule has 2 fully saturated rings. The number of nitrogens with one attached hydrogen (secondary N) is 2. The Kier molecular flexibility index (Phi) is 11.3. The van der Waals surface area contributed by atoms with Gasteiger partial charge < -0.3 is 25.2 Å². The van der Waals surface area contributed by atoms with Gasteiger partial charge in [0.2, 0.25) is 0 Å². The number of hydrogen-bond acceptors (Lipinski definition) is 5. The predicted octanol–water partition coefficient (Wildman–Crippen LogP) is 1.99. The van der Waals surface area contributed by atoms with Crippen molar-refractivity contribution < 1.29 is 4.74 Å². The number of morpholine rings is 1. The molecule has 0 spiro atoms. The van der Waals surface area contributed by atoms with Gasteiger partial charge in [-0.3, -0.25) is 4.90 Å². The third kappa shape index (κ3) is 8.70. The van der Waals surface area contributed by atoms with Crippen LogP contribution in [0, 0.1) is 0 Å². The molecule has 0 radical (unpaired) electrons. The lowest BCUT2D eigenvalue weighted by atomic mass is 10.1. The van der Waals surface area contributed by atoms with E-state index in [-0.39, 0.29) is 0 Å². The van der Waals surface area contributed by atoms with Crippen molar-refractivity contribution in [3.8, 4) is 0 Å². The zero-order valence-electron chi connectivity index (χ0n) is 20.3. The molecule has 180 valence electrons. The van der Waals surface area contributed by atoms with Crippen LogP contribution in [0.3, 0.4) is 0 Å². The average molecular weight is 445 g/mol. The molecule has 0 aliphatic carbocycles. The maximum absolute atomic E-state index is 5.49. The van der Waals surface area contributed by atoms with Crippen LogP contribution in [0.4, 0.5) is 0 Å². The molecule has 2 heterocycles. The Labute approximate surface area is 195 Å². The standard InChI is InChI=1S/C25H44N6O/c1-3-26-25(27-11-7-8-12-30-15-13-29(4-2)14-16-30)28-21-23-9-5-6-10-24(23)22-31-17-19-32-20-18-31/h5-6,9-10H,3-4,7-8,11-22H2,1-2H3,(H2,26,27,28). The molecule has 0 atom stereocenters. The summed E-state index contributed by atoms with van der Waals surface area (Å²) in [5.74, 6) is 0.922. The fourth-order valence-corrected chi connectivity index (χ4v) is 4.37. The van der Waals surface area contributed by atoms with Crippen molar-refractivity contribution in [2.24, 2.45) is 4.99 Å².